The predicted molar refractivity (Wildman–Crippen MR) is 69.5 cm³/mol. The van der Waals surface area contributed by atoms with Gasteiger partial charge in [0.05, 0.1) is 14.7 Å². The summed E-state index contributed by atoms with van der Waals surface area (Å²) in [6, 6.07) is 10.5. The third-order valence-electron chi connectivity index (χ3n) is 2.24. The Bertz CT molecular complexity index is 498. The van der Waals surface area contributed by atoms with Gasteiger partial charge >= 0.3 is 0 Å². The van der Waals surface area contributed by atoms with Crippen LogP contribution in [0.3, 0.4) is 0 Å². The summed E-state index contributed by atoms with van der Waals surface area (Å²) in [5.74, 6) is 1.03. The van der Waals surface area contributed by atoms with Crippen molar-refractivity contribution in [3.63, 3.8) is 0 Å². The van der Waals surface area contributed by atoms with E-state index in [0.29, 0.717) is 0 Å². The van der Waals surface area contributed by atoms with Gasteiger partial charge in [-0.1, -0.05) is 30.3 Å². The van der Waals surface area contributed by atoms with Crippen LogP contribution in [-0.4, -0.2) is 4.86 Å². The Morgan fingerprint density at radius 3 is 2.67 bits per heavy atom. The Morgan fingerprint density at radius 1 is 1.13 bits per heavy atom. The first-order chi connectivity index (χ1) is 7.33. The van der Waals surface area contributed by atoms with Crippen LogP contribution in [0, 0.1) is 0 Å². The van der Waals surface area contributed by atoms with E-state index in [2.05, 4.69) is 36.4 Å². The number of rotatable bonds is 1. The van der Waals surface area contributed by atoms with Crippen LogP contribution in [0.4, 0.5) is 0 Å². The summed E-state index contributed by atoms with van der Waals surface area (Å²) in [6.07, 6.45) is 4.37. The Morgan fingerprint density at radius 2 is 1.93 bits per heavy atom. The van der Waals surface area contributed by atoms with Crippen LogP contribution in [-0.2, 0) is 4.18 Å². The molecule has 0 amide bonds. The Hall–Kier alpha value is -0.930. The first-order valence-electron chi connectivity index (χ1n) is 4.76. The maximum atomic E-state index is 5.70. The molecule has 2 heterocycles. The third kappa shape index (κ3) is 1.66. The van der Waals surface area contributed by atoms with Crippen LogP contribution >= 0.6 is 20.6 Å². The molecule has 0 aromatic heterocycles. The first kappa shape index (κ1) is 9.31. The molecule has 3 rings (SSSR count). The summed E-state index contributed by atoms with van der Waals surface area (Å²) in [5.41, 5.74) is 1.28. The van der Waals surface area contributed by atoms with Crippen LogP contribution in [0.25, 0.3) is 4.91 Å². The van der Waals surface area contributed by atoms with Crippen molar-refractivity contribution in [1.29, 1.82) is 0 Å². The molecule has 3 heteroatoms. The highest BCUT2D eigenvalue weighted by Crippen LogP contribution is 2.52. The highest BCUT2D eigenvalue weighted by molar-refractivity contribution is 8.86. The van der Waals surface area contributed by atoms with E-state index < -0.39 is 0 Å². The van der Waals surface area contributed by atoms with Gasteiger partial charge in [0.1, 0.15) is 5.76 Å². The van der Waals surface area contributed by atoms with Crippen molar-refractivity contribution in [3.05, 3.63) is 53.8 Å². The fraction of sp³-hybridized carbons (Fsp3) is 0.0833. The molecule has 0 saturated carbocycles. The molecule has 76 valence electrons. The molecular formula is C12H10OS2. The zero-order chi connectivity index (χ0) is 10.3. The summed E-state index contributed by atoms with van der Waals surface area (Å²) in [5, 5.41) is 0. The fourth-order valence-corrected chi connectivity index (χ4v) is 5.12. The third-order valence-corrected chi connectivity index (χ3v) is 5.74. The maximum Gasteiger partial charge on any atom is 0.113 e. The molecule has 0 radical (unpaired) electrons. The van der Waals surface area contributed by atoms with Crippen molar-refractivity contribution in [2.24, 2.45) is 0 Å². The average molecular weight is 234 g/mol. The molecular weight excluding hydrogens is 224 g/mol. The van der Waals surface area contributed by atoms with Crippen molar-refractivity contribution in [2.45, 2.75) is 6.92 Å². The lowest BCUT2D eigenvalue weighted by atomic mass is 10.2. The molecule has 2 aliphatic rings. The van der Waals surface area contributed by atoms with E-state index >= 15 is 0 Å². The number of hydrogen-bond donors (Lipinski definition) is 0. The van der Waals surface area contributed by atoms with Crippen molar-refractivity contribution < 1.29 is 4.18 Å². The zero-order valence-electron chi connectivity index (χ0n) is 8.27. The van der Waals surface area contributed by atoms with Crippen LogP contribution in [0.2, 0.25) is 0 Å². The van der Waals surface area contributed by atoms with Crippen molar-refractivity contribution in [3.8, 4) is 0 Å². The molecule has 1 nitrogen and oxygen atoms in total. The van der Waals surface area contributed by atoms with Crippen LogP contribution in [0.5, 0.6) is 0 Å². The maximum absolute atomic E-state index is 5.70. The second kappa shape index (κ2) is 3.58. The summed E-state index contributed by atoms with van der Waals surface area (Å²) in [7, 11) is 1.74. The SMILES string of the molecule is CC1=CC2=S(O1)SC(c1ccccc1)=C2. The van der Waals surface area contributed by atoms with Gasteiger partial charge in [0, 0.05) is 4.91 Å². The normalized spacial score (nSPS) is 23.3. The lowest BCUT2D eigenvalue weighted by Gasteiger charge is -2.05. The van der Waals surface area contributed by atoms with Crippen LogP contribution < -0.4 is 0 Å². The molecule has 0 N–H and O–H groups in total. The number of hydrogen-bond acceptors (Lipinski definition) is 2. The first-order valence-corrected chi connectivity index (χ1v) is 7.24. The molecule has 0 saturated heterocycles. The molecule has 1 atom stereocenters. The van der Waals surface area contributed by atoms with E-state index in [1.165, 1.54) is 15.3 Å². The lowest BCUT2D eigenvalue weighted by molar-refractivity contribution is 0.513. The summed E-state index contributed by atoms with van der Waals surface area (Å²) in [6.45, 7) is 2.01. The zero-order valence-corrected chi connectivity index (χ0v) is 9.90. The average Bonchev–Trinajstić information content (AvgIpc) is 2.76. The Balaban J connectivity index is 1.92. The van der Waals surface area contributed by atoms with E-state index in [0.717, 1.165) is 5.76 Å². The molecule has 0 bridgehead atoms. The highest BCUT2D eigenvalue weighted by atomic mass is 33.1. The Kier molecular flexibility index (Phi) is 2.22. The Labute approximate surface area is 95.4 Å². The fourth-order valence-electron chi connectivity index (χ4n) is 1.56. The van der Waals surface area contributed by atoms with Gasteiger partial charge in [-0.25, -0.2) is 0 Å². The molecule has 15 heavy (non-hydrogen) atoms. The standard InChI is InChI=1S/C12H10OS2/c1-9-7-11-8-12(14-15(11)13-9)10-5-3-2-4-6-10/h2-8H,1H3. The minimum Gasteiger partial charge on any atom is -0.427 e. The van der Waals surface area contributed by atoms with E-state index in [9.17, 15) is 0 Å². The van der Waals surface area contributed by atoms with Crippen LogP contribution in [0.15, 0.2) is 48.2 Å². The largest absolute Gasteiger partial charge is 0.427 e. The molecule has 0 spiro atoms. The molecule has 2 aliphatic heterocycles. The van der Waals surface area contributed by atoms with Gasteiger partial charge in [-0.2, -0.15) is 0 Å². The molecule has 1 unspecified atom stereocenters. The molecule has 1 aromatic rings. The number of benzene rings is 1. The minimum atomic E-state index is -0.0804. The van der Waals surface area contributed by atoms with E-state index in [1.807, 2.05) is 23.8 Å². The van der Waals surface area contributed by atoms with Gasteiger partial charge in [0.25, 0.3) is 0 Å². The topological polar surface area (TPSA) is 9.23 Å². The lowest BCUT2D eigenvalue weighted by Crippen LogP contribution is -1.81. The highest BCUT2D eigenvalue weighted by Gasteiger charge is 2.22. The van der Waals surface area contributed by atoms with Gasteiger partial charge < -0.3 is 4.18 Å². The second-order valence-corrected chi connectivity index (χ2v) is 6.56. The minimum absolute atomic E-state index is 0.0804. The number of allylic oxidation sites excluding steroid dienone is 3. The summed E-state index contributed by atoms with van der Waals surface area (Å²) >= 11 is 0. The summed E-state index contributed by atoms with van der Waals surface area (Å²) in [4.78, 5) is 2.63. The second-order valence-electron chi connectivity index (χ2n) is 3.43. The van der Waals surface area contributed by atoms with Crippen molar-refractivity contribution in [2.75, 3.05) is 0 Å². The van der Waals surface area contributed by atoms with Crippen molar-refractivity contribution in [1.82, 2.24) is 0 Å². The predicted octanol–water partition coefficient (Wildman–Crippen LogP) is 3.98. The smallest absolute Gasteiger partial charge is 0.113 e. The van der Waals surface area contributed by atoms with Crippen molar-refractivity contribution >= 4 is 30.4 Å². The van der Waals surface area contributed by atoms with E-state index in [1.54, 1.807) is 0 Å². The monoisotopic (exact) mass is 234 g/mol. The quantitative estimate of drug-likeness (QED) is 0.537. The van der Waals surface area contributed by atoms with Gasteiger partial charge in [-0.05, 0) is 35.4 Å². The van der Waals surface area contributed by atoms with Crippen LogP contribution in [0.1, 0.15) is 12.5 Å². The summed E-state index contributed by atoms with van der Waals surface area (Å²) < 4.78 is 5.70. The van der Waals surface area contributed by atoms with Gasteiger partial charge in [-0.3, -0.25) is 0 Å². The van der Waals surface area contributed by atoms with Gasteiger partial charge in [0.15, 0.2) is 0 Å². The van der Waals surface area contributed by atoms with Gasteiger partial charge in [-0.15, -0.1) is 0 Å². The van der Waals surface area contributed by atoms with Gasteiger partial charge in [0.2, 0.25) is 0 Å². The molecule has 1 aromatic carbocycles. The molecule has 0 aliphatic carbocycles. The van der Waals surface area contributed by atoms with E-state index in [-0.39, 0.29) is 9.80 Å². The van der Waals surface area contributed by atoms with E-state index in [4.69, 9.17) is 4.18 Å². The molecule has 0 fully saturated rings.